The van der Waals surface area contributed by atoms with E-state index in [1.165, 1.54) is 0 Å². The van der Waals surface area contributed by atoms with Crippen molar-refractivity contribution < 1.29 is 4.74 Å². The smallest absolute Gasteiger partial charge is 0.150 e. The lowest BCUT2D eigenvalue weighted by molar-refractivity contribution is 0.194. The molecular formula is C7H13N3O. The van der Waals surface area contributed by atoms with Gasteiger partial charge in [0, 0.05) is 20.1 Å². The SMILES string of the molecule is COCCCc1n[nH]c(C)n1. The second-order valence-electron chi connectivity index (χ2n) is 2.43. The van der Waals surface area contributed by atoms with E-state index in [2.05, 4.69) is 15.2 Å². The average Bonchev–Trinajstić information content (AvgIpc) is 2.37. The summed E-state index contributed by atoms with van der Waals surface area (Å²) in [5.74, 6) is 1.75. The molecule has 4 heteroatoms. The van der Waals surface area contributed by atoms with Crippen molar-refractivity contribution in [3.05, 3.63) is 11.6 Å². The largest absolute Gasteiger partial charge is 0.385 e. The highest BCUT2D eigenvalue weighted by Crippen LogP contribution is 1.95. The number of aromatic nitrogens is 3. The van der Waals surface area contributed by atoms with E-state index in [0.717, 1.165) is 31.1 Å². The second-order valence-corrected chi connectivity index (χ2v) is 2.43. The van der Waals surface area contributed by atoms with Gasteiger partial charge >= 0.3 is 0 Å². The van der Waals surface area contributed by atoms with Gasteiger partial charge in [0.05, 0.1) is 0 Å². The van der Waals surface area contributed by atoms with Gasteiger partial charge in [0.15, 0.2) is 5.82 Å². The third-order valence-corrected chi connectivity index (χ3v) is 1.39. The van der Waals surface area contributed by atoms with Crippen molar-refractivity contribution in [1.82, 2.24) is 15.2 Å². The summed E-state index contributed by atoms with van der Waals surface area (Å²) in [6.07, 6.45) is 1.87. The molecule has 0 amide bonds. The molecule has 0 spiro atoms. The highest BCUT2D eigenvalue weighted by atomic mass is 16.5. The maximum atomic E-state index is 4.90. The van der Waals surface area contributed by atoms with E-state index < -0.39 is 0 Å². The number of methoxy groups -OCH3 is 1. The molecule has 1 aromatic heterocycles. The number of ether oxygens (including phenoxy) is 1. The van der Waals surface area contributed by atoms with E-state index in [1.807, 2.05) is 6.92 Å². The molecular weight excluding hydrogens is 142 g/mol. The van der Waals surface area contributed by atoms with Gasteiger partial charge < -0.3 is 4.74 Å². The number of hydrogen-bond acceptors (Lipinski definition) is 3. The first-order valence-electron chi connectivity index (χ1n) is 3.69. The lowest BCUT2D eigenvalue weighted by atomic mass is 10.3. The Morgan fingerprint density at radius 2 is 2.36 bits per heavy atom. The summed E-state index contributed by atoms with van der Waals surface area (Å²) in [4.78, 5) is 4.16. The Morgan fingerprint density at radius 1 is 1.55 bits per heavy atom. The third kappa shape index (κ3) is 2.67. The minimum Gasteiger partial charge on any atom is -0.385 e. The maximum Gasteiger partial charge on any atom is 0.150 e. The molecule has 0 aliphatic carbocycles. The summed E-state index contributed by atoms with van der Waals surface area (Å²) < 4.78 is 4.90. The standard InChI is InChI=1S/C7H13N3O/c1-6-8-7(10-9-6)4-3-5-11-2/h3-5H2,1-2H3,(H,8,9,10). The first-order chi connectivity index (χ1) is 5.33. The number of nitrogens with zero attached hydrogens (tertiary/aromatic N) is 2. The summed E-state index contributed by atoms with van der Waals surface area (Å²) in [6, 6.07) is 0. The molecule has 1 heterocycles. The quantitative estimate of drug-likeness (QED) is 0.651. The molecule has 0 fully saturated rings. The van der Waals surface area contributed by atoms with Crippen LogP contribution in [0.2, 0.25) is 0 Å². The van der Waals surface area contributed by atoms with Crippen LogP contribution in [-0.4, -0.2) is 28.9 Å². The monoisotopic (exact) mass is 155 g/mol. The predicted molar refractivity (Wildman–Crippen MR) is 41.3 cm³/mol. The molecule has 0 aliphatic rings. The van der Waals surface area contributed by atoms with Crippen molar-refractivity contribution in [2.45, 2.75) is 19.8 Å². The Balaban J connectivity index is 2.27. The van der Waals surface area contributed by atoms with Crippen LogP contribution in [0.15, 0.2) is 0 Å². The van der Waals surface area contributed by atoms with Crippen LogP contribution in [0.3, 0.4) is 0 Å². The molecule has 11 heavy (non-hydrogen) atoms. The van der Waals surface area contributed by atoms with E-state index >= 15 is 0 Å². The van der Waals surface area contributed by atoms with Gasteiger partial charge in [-0.2, -0.15) is 5.10 Å². The molecule has 0 bridgehead atoms. The van der Waals surface area contributed by atoms with Gasteiger partial charge in [-0.25, -0.2) is 4.98 Å². The molecule has 0 aromatic carbocycles. The van der Waals surface area contributed by atoms with Crippen LogP contribution in [0.4, 0.5) is 0 Å². The van der Waals surface area contributed by atoms with E-state index in [1.54, 1.807) is 7.11 Å². The van der Waals surface area contributed by atoms with Crippen molar-refractivity contribution >= 4 is 0 Å². The molecule has 0 atom stereocenters. The molecule has 4 nitrogen and oxygen atoms in total. The molecule has 1 aromatic rings. The summed E-state index contributed by atoms with van der Waals surface area (Å²) in [6.45, 7) is 2.67. The topological polar surface area (TPSA) is 50.8 Å². The average molecular weight is 155 g/mol. The van der Waals surface area contributed by atoms with Crippen molar-refractivity contribution in [2.75, 3.05) is 13.7 Å². The zero-order valence-electron chi connectivity index (χ0n) is 6.92. The van der Waals surface area contributed by atoms with Crippen molar-refractivity contribution in [3.8, 4) is 0 Å². The Kier molecular flexibility index (Phi) is 3.04. The van der Waals surface area contributed by atoms with Crippen LogP contribution in [0.5, 0.6) is 0 Å². The highest BCUT2D eigenvalue weighted by molar-refractivity contribution is 4.87. The second kappa shape index (κ2) is 4.08. The van der Waals surface area contributed by atoms with Crippen LogP contribution in [-0.2, 0) is 11.2 Å². The van der Waals surface area contributed by atoms with Gasteiger partial charge in [-0.1, -0.05) is 0 Å². The Bertz CT molecular complexity index is 209. The van der Waals surface area contributed by atoms with Crippen LogP contribution in [0.25, 0.3) is 0 Å². The van der Waals surface area contributed by atoms with Gasteiger partial charge in [0.25, 0.3) is 0 Å². The lowest BCUT2D eigenvalue weighted by Crippen LogP contribution is -1.94. The number of aryl methyl sites for hydroxylation is 2. The van der Waals surface area contributed by atoms with Crippen LogP contribution in [0, 0.1) is 6.92 Å². The fraction of sp³-hybridized carbons (Fsp3) is 0.714. The number of hydrogen-bond donors (Lipinski definition) is 1. The fourth-order valence-corrected chi connectivity index (χ4v) is 0.875. The van der Waals surface area contributed by atoms with E-state index in [-0.39, 0.29) is 0 Å². The van der Waals surface area contributed by atoms with Crippen LogP contribution >= 0.6 is 0 Å². The Hall–Kier alpha value is -0.900. The first-order valence-corrected chi connectivity index (χ1v) is 3.69. The lowest BCUT2D eigenvalue weighted by Gasteiger charge is -1.93. The predicted octanol–water partition coefficient (Wildman–Crippen LogP) is 0.692. The third-order valence-electron chi connectivity index (χ3n) is 1.39. The normalized spacial score (nSPS) is 10.4. The molecule has 0 unspecified atom stereocenters. The van der Waals surface area contributed by atoms with Crippen molar-refractivity contribution in [2.24, 2.45) is 0 Å². The van der Waals surface area contributed by atoms with Gasteiger partial charge in [-0.3, -0.25) is 5.10 Å². The number of aromatic amines is 1. The van der Waals surface area contributed by atoms with E-state index in [0.29, 0.717) is 0 Å². The van der Waals surface area contributed by atoms with Crippen molar-refractivity contribution in [1.29, 1.82) is 0 Å². The molecule has 62 valence electrons. The molecule has 0 aliphatic heterocycles. The summed E-state index contributed by atoms with van der Waals surface area (Å²) in [7, 11) is 1.70. The van der Waals surface area contributed by atoms with E-state index in [9.17, 15) is 0 Å². The van der Waals surface area contributed by atoms with Crippen molar-refractivity contribution in [3.63, 3.8) is 0 Å². The van der Waals surface area contributed by atoms with Crippen LogP contribution in [0.1, 0.15) is 18.1 Å². The summed E-state index contributed by atoms with van der Waals surface area (Å²) in [5.41, 5.74) is 0. The number of H-pyrrole nitrogens is 1. The van der Waals surface area contributed by atoms with Gasteiger partial charge in [-0.15, -0.1) is 0 Å². The molecule has 1 N–H and O–H groups in total. The fourth-order valence-electron chi connectivity index (χ4n) is 0.875. The number of nitrogens with one attached hydrogen (secondary N) is 1. The highest BCUT2D eigenvalue weighted by Gasteiger charge is 1.97. The number of rotatable bonds is 4. The summed E-state index contributed by atoms with van der Waals surface area (Å²) >= 11 is 0. The molecule has 0 radical (unpaired) electrons. The first kappa shape index (κ1) is 8.20. The zero-order valence-corrected chi connectivity index (χ0v) is 6.92. The molecule has 0 saturated carbocycles. The molecule has 0 saturated heterocycles. The minimum atomic E-state index is 0.771. The van der Waals surface area contributed by atoms with Gasteiger partial charge in [0.1, 0.15) is 5.82 Å². The maximum absolute atomic E-state index is 4.90. The Morgan fingerprint density at radius 3 is 2.91 bits per heavy atom. The molecule has 1 rings (SSSR count). The van der Waals surface area contributed by atoms with E-state index in [4.69, 9.17) is 4.74 Å². The zero-order chi connectivity index (χ0) is 8.10. The van der Waals surface area contributed by atoms with Crippen LogP contribution < -0.4 is 0 Å². The van der Waals surface area contributed by atoms with Gasteiger partial charge in [-0.05, 0) is 13.3 Å². The summed E-state index contributed by atoms with van der Waals surface area (Å²) in [5, 5.41) is 6.79. The minimum absolute atomic E-state index is 0.771. The Labute approximate surface area is 66.0 Å². The van der Waals surface area contributed by atoms with Gasteiger partial charge in [0.2, 0.25) is 0 Å².